The van der Waals surface area contributed by atoms with E-state index in [1.807, 2.05) is 19.3 Å². The summed E-state index contributed by atoms with van der Waals surface area (Å²) in [6.07, 6.45) is 3.08. The molecule has 0 bridgehead atoms. The second-order valence-corrected chi connectivity index (χ2v) is 7.32. The summed E-state index contributed by atoms with van der Waals surface area (Å²) in [5, 5.41) is 3.52. The minimum Gasteiger partial charge on any atom is -0.378 e. The van der Waals surface area contributed by atoms with Crippen molar-refractivity contribution in [1.29, 1.82) is 0 Å². The largest absolute Gasteiger partial charge is 0.378 e. The van der Waals surface area contributed by atoms with E-state index >= 15 is 0 Å². The zero-order valence-corrected chi connectivity index (χ0v) is 17.8. The highest BCUT2D eigenvalue weighted by atomic mass is 127. The topological polar surface area (TPSA) is 53.0 Å². The zero-order valence-electron chi connectivity index (χ0n) is 15.5. The first-order valence-electron chi connectivity index (χ1n) is 8.81. The first-order valence-corrected chi connectivity index (χ1v) is 8.81. The van der Waals surface area contributed by atoms with E-state index in [0.717, 1.165) is 57.7 Å². The first-order chi connectivity index (χ1) is 11.6. The smallest absolute Gasteiger partial charge is 0.193 e. The molecule has 2 saturated heterocycles. The van der Waals surface area contributed by atoms with E-state index in [2.05, 4.69) is 45.0 Å². The number of halogens is 1. The minimum absolute atomic E-state index is 0. The van der Waals surface area contributed by atoms with Gasteiger partial charge in [-0.05, 0) is 17.9 Å². The van der Waals surface area contributed by atoms with E-state index in [0.29, 0.717) is 5.41 Å². The van der Waals surface area contributed by atoms with Crippen LogP contribution in [0.5, 0.6) is 0 Å². The molecule has 2 fully saturated rings. The van der Waals surface area contributed by atoms with Gasteiger partial charge in [-0.15, -0.1) is 24.0 Å². The van der Waals surface area contributed by atoms with Gasteiger partial charge in [-0.1, -0.05) is 19.9 Å². The fourth-order valence-electron chi connectivity index (χ4n) is 3.43. The Bertz CT molecular complexity index is 587. The molecule has 0 atom stereocenters. The van der Waals surface area contributed by atoms with Crippen LogP contribution in [-0.4, -0.2) is 62.3 Å². The molecule has 2 aliphatic heterocycles. The quantitative estimate of drug-likeness (QED) is 0.428. The van der Waals surface area contributed by atoms with Gasteiger partial charge in [-0.2, -0.15) is 0 Å². The van der Waals surface area contributed by atoms with Gasteiger partial charge in [0, 0.05) is 51.5 Å². The minimum atomic E-state index is 0. The van der Waals surface area contributed by atoms with Gasteiger partial charge in [0.25, 0.3) is 0 Å². The third-order valence-electron chi connectivity index (χ3n) is 4.80. The Morgan fingerprint density at radius 3 is 2.72 bits per heavy atom. The average molecular weight is 459 g/mol. The molecule has 1 aromatic heterocycles. The van der Waals surface area contributed by atoms with Crippen LogP contribution in [0, 0.1) is 5.41 Å². The average Bonchev–Trinajstić information content (AvgIpc) is 2.96. The Hall–Kier alpha value is -1.09. The Balaban J connectivity index is 0.00000225. The number of guanidine groups is 1. The van der Waals surface area contributed by atoms with E-state index in [-0.39, 0.29) is 24.0 Å². The molecule has 0 radical (unpaired) electrons. The lowest BCUT2D eigenvalue weighted by atomic mass is 9.93. The highest BCUT2D eigenvalue weighted by molar-refractivity contribution is 14.0. The number of hydrogen-bond acceptors (Lipinski definition) is 4. The number of aromatic nitrogens is 1. The third-order valence-corrected chi connectivity index (χ3v) is 4.80. The second kappa shape index (κ2) is 9.02. The maximum absolute atomic E-state index is 5.45. The van der Waals surface area contributed by atoms with Crippen LogP contribution in [0.25, 0.3) is 0 Å². The fraction of sp³-hybridized carbons (Fsp3) is 0.667. The molecular weight excluding hydrogens is 429 g/mol. The standard InChI is InChI=1S/C18H29N5O.HI/c1-18(2)6-8-23(14-18)17(19-3)21-13-15-5-4-7-20-16(15)22-9-11-24-12-10-22;/h4-5,7H,6,8-14H2,1-3H3,(H,19,21);1H. The lowest BCUT2D eigenvalue weighted by molar-refractivity contribution is 0.122. The van der Waals surface area contributed by atoms with Gasteiger partial charge in [0.1, 0.15) is 5.82 Å². The molecular formula is C18H30IN5O. The van der Waals surface area contributed by atoms with Crippen LogP contribution < -0.4 is 10.2 Å². The monoisotopic (exact) mass is 459 g/mol. The number of nitrogens with zero attached hydrogens (tertiary/aromatic N) is 4. The molecule has 140 valence electrons. The number of aliphatic imine (C=N–C) groups is 1. The molecule has 3 rings (SSSR count). The summed E-state index contributed by atoms with van der Waals surface area (Å²) in [6, 6.07) is 4.15. The number of ether oxygens (including phenoxy) is 1. The number of rotatable bonds is 3. The Kier molecular flexibility index (Phi) is 7.30. The maximum atomic E-state index is 5.45. The van der Waals surface area contributed by atoms with Gasteiger partial charge < -0.3 is 19.9 Å². The predicted octanol–water partition coefficient (Wildman–Crippen LogP) is 2.34. The van der Waals surface area contributed by atoms with Crippen LogP contribution in [0.15, 0.2) is 23.3 Å². The summed E-state index contributed by atoms with van der Waals surface area (Å²) >= 11 is 0. The molecule has 3 heterocycles. The predicted molar refractivity (Wildman–Crippen MR) is 113 cm³/mol. The van der Waals surface area contributed by atoms with Crippen molar-refractivity contribution in [2.75, 3.05) is 51.3 Å². The van der Waals surface area contributed by atoms with Gasteiger partial charge in [0.2, 0.25) is 0 Å². The van der Waals surface area contributed by atoms with Gasteiger partial charge in [0.05, 0.1) is 13.2 Å². The molecule has 0 aliphatic carbocycles. The Morgan fingerprint density at radius 2 is 2.08 bits per heavy atom. The lowest BCUT2D eigenvalue weighted by Gasteiger charge is -2.30. The fourth-order valence-corrected chi connectivity index (χ4v) is 3.43. The van der Waals surface area contributed by atoms with E-state index in [1.54, 1.807) is 0 Å². The summed E-state index contributed by atoms with van der Waals surface area (Å²) in [5.74, 6) is 2.04. The number of likely N-dealkylation sites (tertiary alicyclic amines) is 1. The normalized spacial score (nSPS) is 20.4. The van der Waals surface area contributed by atoms with Crippen molar-refractivity contribution in [3.05, 3.63) is 23.9 Å². The lowest BCUT2D eigenvalue weighted by Crippen LogP contribution is -2.41. The summed E-state index contributed by atoms with van der Waals surface area (Å²) < 4.78 is 5.45. The van der Waals surface area contributed by atoms with E-state index in [9.17, 15) is 0 Å². The highest BCUT2D eigenvalue weighted by Gasteiger charge is 2.30. The van der Waals surface area contributed by atoms with Crippen molar-refractivity contribution in [3.8, 4) is 0 Å². The summed E-state index contributed by atoms with van der Waals surface area (Å²) in [6.45, 7) is 10.8. The molecule has 6 nitrogen and oxygen atoms in total. The third kappa shape index (κ3) is 5.20. The number of anilines is 1. The van der Waals surface area contributed by atoms with Crippen molar-refractivity contribution in [3.63, 3.8) is 0 Å². The SMILES string of the molecule is CN=C(NCc1cccnc1N1CCOCC1)N1CCC(C)(C)C1.I. The van der Waals surface area contributed by atoms with E-state index < -0.39 is 0 Å². The molecule has 1 N–H and O–H groups in total. The molecule has 0 amide bonds. The molecule has 0 unspecified atom stereocenters. The van der Waals surface area contributed by atoms with Gasteiger partial charge in [0.15, 0.2) is 5.96 Å². The number of nitrogens with one attached hydrogen (secondary N) is 1. The van der Waals surface area contributed by atoms with Crippen molar-refractivity contribution in [1.82, 2.24) is 15.2 Å². The molecule has 2 aliphatic rings. The Morgan fingerprint density at radius 1 is 1.32 bits per heavy atom. The summed E-state index contributed by atoms with van der Waals surface area (Å²) in [7, 11) is 1.86. The van der Waals surface area contributed by atoms with Gasteiger partial charge >= 0.3 is 0 Å². The number of hydrogen-bond donors (Lipinski definition) is 1. The molecule has 25 heavy (non-hydrogen) atoms. The molecule has 0 saturated carbocycles. The van der Waals surface area contributed by atoms with Crippen LogP contribution in [0.2, 0.25) is 0 Å². The Labute approximate surface area is 168 Å². The maximum Gasteiger partial charge on any atom is 0.193 e. The van der Waals surface area contributed by atoms with Crippen LogP contribution in [0.4, 0.5) is 5.82 Å². The first kappa shape index (κ1) is 20.2. The summed E-state index contributed by atoms with van der Waals surface area (Å²) in [4.78, 5) is 13.7. The van der Waals surface area contributed by atoms with Crippen LogP contribution in [-0.2, 0) is 11.3 Å². The van der Waals surface area contributed by atoms with E-state index in [1.165, 1.54) is 12.0 Å². The molecule has 1 aromatic rings. The van der Waals surface area contributed by atoms with Crippen LogP contribution in [0.1, 0.15) is 25.8 Å². The van der Waals surface area contributed by atoms with Crippen molar-refractivity contribution >= 4 is 35.8 Å². The van der Waals surface area contributed by atoms with Crippen LogP contribution in [0.3, 0.4) is 0 Å². The van der Waals surface area contributed by atoms with Crippen molar-refractivity contribution < 1.29 is 4.74 Å². The van der Waals surface area contributed by atoms with Gasteiger partial charge in [-0.3, -0.25) is 4.99 Å². The molecule has 7 heteroatoms. The second-order valence-electron chi connectivity index (χ2n) is 7.32. The molecule has 0 aromatic carbocycles. The van der Waals surface area contributed by atoms with Gasteiger partial charge in [-0.25, -0.2) is 4.98 Å². The van der Waals surface area contributed by atoms with Crippen LogP contribution >= 0.6 is 24.0 Å². The number of pyridine rings is 1. The molecule has 0 spiro atoms. The van der Waals surface area contributed by atoms with E-state index in [4.69, 9.17) is 4.74 Å². The van der Waals surface area contributed by atoms with Crippen molar-refractivity contribution in [2.45, 2.75) is 26.8 Å². The summed E-state index contributed by atoms with van der Waals surface area (Å²) in [5.41, 5.74) is 1.57. The van der Waals surface area contributed by atoms with Crippen molar-refractivity contribution in [2.24, 2.45) is 10.4 Å². The number of morpholine rings is 1. The highest BCUT2D eigenvalue weighted by Crippen LogP contribution is 2.28. The zero-order chi connectivity index (χ0) is 17.0.